The minimum Gasteiger partial charge on any atom is -0.456 e. The number of nitrogens with zero attached hydrogens (tertiary/aromatic N) is 1. The second kappa shape index (κ2) is 15.8. The summed E-state index contributed by atoms with van der Waals surface area (Å²) in [6.07, 6.45) is 0. The molecule has 0 amide bonds. The molecule has 11 aromatic carbocycles. The van der Waals surface area contributed by atoms with Gasteiger partial charge in [-0.2, -0.15) is 0 Å². The maximum atomic E-state index is 6.35. The Hall–Kier alpha value is -8.72. The van der Waals surface area contributed by atoms with Crippen molar-refractivity contribution in [3.05, 3.63) is 283 Å². The Bertz CT molecular complexity index is 3760. The van der Waals surface area contributed by atoms with Gasteiger partial charge in [-0.1, -0.05) is 212 Å². The van der Waals surface area contributed by atoms with Gasteiger partial charge in [-0.25, -0.2) is 0 Å². The summed E-state index contributed by atoms with van der Waals surface area (Å²) >= 11 is 0. The van der Waals surface area contributed by atoms with Gasteiger partial charge < -0.3 is 9.32 Å². The minimum atomic E-state index is -0.554. The molecular weight excluding hydrogens is 811 g/mol. The number of hydrogen-bond donors (Lipinski definition) is 0. The van der Waals surface area contributed by atoms with Gasteiger partial charge in [0.2, 0.25) is 0 Å². The predicted octanol–water partition coefficient (Wildman–Crippen LogP) is 17.6. The lowest BCUT2D eigenvalue weighted by molar-refractivity contribution is 0.669. The van der Waals surface area contributed by atoms with Crippen molar-refractivity contribution in [2.45, 2.75) is 5.41 Å². The van der Waals surface area contributed by atoms with E-state index in [1.54, 1.807) is 0 Å². The zero-order chi connectivity index (χ0) is 44.3. The molecule has 0 spiro atoms. The first-order chi connectivity index (χ1) is 33.2. The molecular formula is C65H43NO. The summed E-state index contributed by atoms with van der Waals surface area (Å²) in [4.78, 5) is 2.48. The molecule has 12 aromatic rings. The monoisotopic (exact) mass is 853 g/mol. The van der Waals surface area contributed by atoms with Gasteiger partial charge in [0.15, 0.2) is 0 Å². The first kappa shape index (κ1) is 38.7. The summed E-state index contributed by atoms with van der Waals surface area (Å²) in [5, 5.41) is 4.70. The first-order valence-electron chi connectivity index (χ1n) is 23.1. The molecule has 0 radical (unpaired) electrons. The van der Waals surface area contributed by atoms with Crippen molar-refractivity contribution in [3.63, 3.8) is 0 Å². The van der Waals surface area contributed by atoms with Crippen LogP contribution in [0.15, 0.2) is 265 Å². The largest absolute Gasteiger partial charge is 0.456 e. The zero-order valence-electron chi connectivity index (χ0n) is 36.7. The van der Waals surface area contributed by atoms with Crippen LogP contribution in [0.5, 0.6) is 0 Å². The van der Waals surface area contributed by atoms with Crippen molar-refractivity contribution in [2.75, 3.05) is 4.90 Å². The Labute approximate surface area is 390 Å². The highest BCUT2D eigenvalue weighted by Crippen LogP contribution is 2.57. The smallest absolute Gasteiger partial charge is 0.136 e. The third-order valence-corrected chi connectivity index (χ3v) is 13.9. The number of hydrogen-bond acceptors (Lipinski definition) is 2. The van der Waals surface area contributed by atoms with Crippen LogP contribution in [-0.2, 0) is 5.41 Å². The molecule has 0 atom stereocenters. The van der Waals surface area contributed by atoms with E-state index in [4.69, 9.17) is 4.42 Å². The van der Waals surface area contributed by atoms with E-state index in [1.807, 2.05) is 6.07 Å². The Morgan fingerprint density at radius 2 is 0.866 bits per heavy atom. The van der Waals surface area contributed by atoms with Crippen molar-refractivity contribution in [1.29, 1.82) is 0 Å². The van der Waals surface area contributed by atoms with Crippen LogP contribution in [0, 0.1) is 0 Å². The lowest BCUT2D eigenvalue weighted by atomic mass is 9.67. The van der Waals surface area contributed by atoms with Gasteiger partial charge >= 0.3 is 0 Å². The van der Waals surface area contributed by atoms with E-state index in [9.17, 15) is 0 Å². The van der Waals surface area contributed by atoms with Crippen LogP contribution >= 0.6 is 0 Å². The van der Waals surface area contributed by atoms with E-state index in [0.29, 0.717) is 0 Å². The Morgan fingerprint density at radius 3 is 1.66 bits per heavy atom. The van der Waals surface area contributed by atoms with Crippen molar-refractivity contribution in [1.82, 2.24) is 0 Å². The average molecular weight is 854 g/mol. The molecule has 1 aliphatic rings. The van der Waals surface area contributed by atoms with E-state index in [-0.39, 0.29) is 0 Å². The fourth-order valence-electron chi connectivity index (χ4n) is 10.9. The maximum Gasteiger partial charge on any atom is 0.136 e. The predicted molar refractivity (Wildman–Crippen MR) is 280 cm³/mol. The van der Waals surface area contributed by atoms with Crippen molar-refractivity contribution >= 4 is 49.8 Å². The molecule has 1 heterocycles. The highest BCUT2D eigenvalue weighted by atomic mass is 16.3. The summed E-state index contributed by atoms with van der Waals surface area (Å²) in [7, 11) is 0. The van der Waals surface area contributed by atoms with E-state index in [1.165, 1.54) is 49.7 Å². The molecule has 1 aliphatic carbocycles. The topological polar surface area (TPSA) is 16.4 Å². The van der Waals surface area contributed by atoms with Gasteiger partial charge in [0.05, 0.1) is 11.1 Å². The SMILES string of the molecule is c1ccc(-c2ccc(-c3ccc4ccccc4c3)cc2N(c2ccc(-c3cccc4oc5ccccc5c34)cc2)c2ccc3c(c2)C(c2ccccc2)(c2ccccc2)c2ccccc2-3)cc1. The summed E-state index contributed by atoms with van der Waals surface area (Å²) in [6, 6.07) is 95.3. The summed E-state index contributed by atoms with van der Waals surface area (Å²) in [5.41, 5.74) is 18.9. The van der Waals surface area contributed by atoms with E-state index < -0.39 is 5.41 Å². The molecule has 67 heavy (non-hydrogen) atoms. The summed E-state index contributed by atoms with van der Waals surface area (Å²) in [6.45, 7) is 0. The maximum absolute atomic E-state index is 6.35. The van der Waals surface area contributed by atoms with Crippen molar-refractivity contribution < 1.29 is 4.42 Å². The average Bonchev–Trinajstić information content (AvgIpc) is 3.93. The van der Waals surface area contributed by atoms with Crippen LogP contribution in [0.3, 0.4) is 0 Å². The lowest BCUT2D eigenvalue weighted by Crippen LogP contribution is -2.28. The second-order valence-corrected chi connectivity index (χ2v) is 17.6. The highest BCUT2D eigenvalue weighted by Gasteiger charge is 2.46. The number of para-hydroxylation sites is 1. The molecule has 0 unspecified atom stereocenters. The van der Waals surface area contributed by atoms with E-state index in [0.717, 1.165) is 66.8 Å². The highest BCUT2D eigenvalue weighted by molar-refractivity contribution is 6.12. The number of furan rings is 1. The van der Waals surface area contributed by atoms with Crippen LogP contribution in [0.25, 0.3) is 77.2 Å². The fraction of sp³-hybridized carbons (Fsp3) is 0.0154. The van der Waals surface area contributed by atoms with Gasteiger partial charge in [0, 0.05) is 27.7 Å². The molecule has 2 nitrogen and oxygen atoms in total. The van der Waals surface area contributed by atoms with Gasteiger partial charge in [-0.3, -0.25) is 0 Å². The molecule has 0 bridgehead atoms. The molecule has 0 N–H and O–H groups in total. The number of fused-ring (bicyclic) bond motifs is 7. The molecule has 0 saturated carbocycles. The van der Waals surface area contributed by atoms with Crippen molar-refractivity contribution in [3.8, 4) is 44.5 Å². The Morgan fingerprint density at radius 1 is 0.313 bits per heavy atom. The zero-order valence-corrected chi connectivity index (χ0v) is 36.7. The van der Waals surface area contributed by atoms with Gasteiger partial charge in [0.25, 0.3) is 0 Å². The van der Waals surface area contributed by atoms with E-state index in [2.05, 4.69) is 260 Å². The summed E-state index contributed by atoms with van der Waals surface area (Å²) < 4.78 is 6.35. The van der Waals surface area contributed by atoms with Gasteiger partial charge in [-0.05, 0) is 121 Å². The van der Waals surface area contributed by atoms with Crippen LogP contribution in [0.4, 0.5) is 17.1 Å². The number of benzene rings is 11. The molecule has 0 saturated heterocycles. The summed E-state index contributed by atoms with van der Waals surface area (Å²) in [5.74, 6) is 0. The lowest BCUT2D eigenvalue weighted by Gasteiger charge is -2.35. The van der Waals surface area contributed by atoms with Gasteiger partial charge in [-0.15, -0.1) is 0 Å². The standard InChI is InChI=1S/C65H43NO/c1-4-18-45(19-5-1)54-39-35-49(48-32-31-44-17-10-11-20-47(44)41-48)42-61(54)66(52-36-33-46(34-37-52)55-27-16-30-63-64(55)58-26-13-15-29-62(58)67-63)53-38-40-57-56-25-12-14-28-59(56)65(60(57)43-53,50-21-6-2-7-22-50)51-23-8-3-9-24-51/h1-43H. The molecule has 0 aliphatic heterocycles. The number of anilines is 3. The van der Waals surface area contributed by atoms with Crippen LogP contribution in [0.1, 0.15) is 22.3 Å². The molecule has 314 valence electrons. The molecule has 2 heteroatoms. The quantitative estimate of drug-likeness (QED) is 0.151. The third kappa shape index (κ3) is 6.26. The van der Waals surface area contributed by atoms with Crippen molar-refractivity contribution in [2.24, 2.45) is 0 Å². The number of rotatable bonds is 8. The van der Waals surface area contributed by atoms with Crippen LogP contribution in [0.2, 0.25) is 0 Å². The molecule has 0 fully saturated rings. The molecule has 13 rings (SSSR count). The fourth-order valence-corrected chi connectivity index (χ4v) is 10.9. The van der Waals surface area contributed by atoms with Gasteiger partial charge in [0.1, 0.15) is 11.2 Å². The molecule has 1 aromatic heterocycles. The minimum absolute atomic E-state index is 0.554. The Kier molecular flexibility index (Phi) is 9.11. The Balaban J connectivity index is 1.07. The normalized spacial score (nSPS) is 12.6. The van der Waals surface area contributed by atoms with Crippen LogP contribution in [-0.4, -0.2) is 0 Å². The second-order valence-electron chi connectivity index (χ2n) is 17.6. The third-order valence-electron chi connectivity index (χ3n) is 13.9. The first-order valence-corrected chi connectivity index (χ1v) is 23.1. The van der Waals surface area contributed by atoms with E-state index >= 15 is 0 Å². The van der Waals surface area contributed by atoms with Crippen LogP contribution < -0.4 is 4.90 Å².